The molecule has 1 heterocycles. The van der Waals surface area contributed by atoms with E-state index in [1.54, 1.807) is 0 Å². The van der Waals surface area contributed by atoms with E-state index in [1.165, 1.54) is 12.7 Å². The molecule has 4 heteroatoms. The molecule has 0 amide bonds. The van der Waals surface area contributed by atoms with Crippen molar-refractivity contribution in [1.29, 1.82) is 0 Å². The number of fused-ring (bicyclic) bond motifs is 1. The summed E-state index contributed by atoms with van der Waals surface area (Å²) in [7, 11) is 1.43. The van der Waals surface area contributed by atoms with Gasteiger partial charge >= 0.3 is 5.97 Å². The minimum Gasteiger partial charge on any atom is -0.469 e. The summed E-state index contributed by atoms with van der Waals surface area (Å²) in [5.41, 5.74) is 2.43. The van der Waals surface area contributed by atoms with Gasteiger partial charge in [0.15, 0.2) is 0 Å². The maximum absolute atomic E-state index is 11.2. The third kappa shape index (κ3) is 2.55. The number of halogens is 1. The number of esters is 1. The van der Waals surface area contributed by atoms with Crippen LogP contribution in [0.5, 0.6) is 0 Å². The van der Waals surface area contributed by atoms with Crippen LogP contribution in [0.15, 0.2) is 22.7 Å². The van der Waals surface area contributed by atoms with Crippen LogP contribution in [0, 0.1) is 0 Å². The number of carbonyl (C=O) groups is 1. The molecule has 1 aliphatic rings. The highest BCUT2D eigenvalue weighted by molar-refractivity contribution is 9.10. The second kappa shape index (κ2) is 4.87. The average molecular weight is 284 g/mol. The van der Waals surface area contributed by atoms with Gasteiger partial charge in [0.05, 0.1) is 13.5 Å². The second-order valence-corrected chi connectivity index (χ2v) is 4.88. The molecule has 1 aliphatic heterocycles. The zero-order valence-corrected chi connectivity index (χ0v) is 10.7. The number of anilines is 1. The second-order valence-electron chi connectivity index (χ2n) is 3.96. The van der Waals surface area contributed by atoms with E-state index in [-0.39, 0.29) is 12.0 Å². The van der Waals surface area contributed by atoms with Crippen LogP contribution in [0.3, 0.4) is 0 Å². The summed E-state index contributed by atoms with van der Waals surface area (Å²) in [4.78, 5) is 11.2. The van der Waals surface area contributed by atoms with Gasteiger partial charge in [0, 0.05) is 16.2 Å². The van der Waals surface area contributed by atoms with Crippen molar-refractivity contribution in [2.45, 2.75) is 25.3 Å². The van der Waals surface area contributed by atoms with Gasteiger partial charge in [-0.1, -0.05) is 22.0 Å². The number of hydrogen-bond donors (Lipinski definition) is 1. The number of ether oxygens (including phenoxy) is 1. The average Bonchev–Trinajstić information content (AvgIpc) is 2.28. The summed E-state index contributed by atoms with van der Waals surface area (Å²) in [5, 5.41) is 3.37. The van der Waals surface area contributed by atoms with E-state index in [9.17, 15) is 4.79 Å². The molecule has 1 aromatic carbocycles. The first-order valence-electron chi connectivity index (χ1n) is 5.31. The van der Waals surface area contributed by atoms with Crippen LogP contribution in [0.25, 0.3) is 0 Å². The molecule has 1 aromatic rings. The molecule has 0 spiro atoms. The Labute approximate surface area is 103 Å². The van der Waals surface area contributed by atoms with E-state index in [4.69, 9.17) is 0 Å². The predicted molar refractivity (Wildman–Crippen MR) is 66.5 cm³/mol. The van der Waals surface area contributed by atoms with Crippen LogP contribution >= 0.6 is 15.9 Å². The third-order valence-electron chi connectivity index (χ3n) is 2.83. The zero-order valence-electron chi connectivity index (χ0n) is 9.13. The van der Waals surface area contributed by atoms with Gasteiger partial charge in [-0.3, -0.25) is 4.79 Å². The van der Waals surface area contributed by atoms with Crippen molar-refractivity contribution in [1.82, 2.24) is 0 Å². The van der Waals surface area contributed by atoms with E-state index in [0.29, 0.717) is 6.42 Å². The van der Waals surface area contributed by atoms with Crippen LogP contribution in [0.4, 0.5) is 5.69 Å². The first-order valence-corrected chi connectivity index (χ1v) is 6.10. The lowest BCUT2D eigenvalue weighted by Gasteiger charge is -2.26. The number of hydrogen-bond acceptors (Lipinski definition) is 3. The van der Waals surface area contributed by atoms with Crippen molar-refractivity contribution < 1.29 is 9.53 Å². The van der Waals surface area contributed by atoms with Gasteiger partial charge in [-0.25, -0.2) is 0 Å². The van der Waals surface area contributed by atoms with Crippen LogP contribution in [-0.2, 0) is 16.0 Å². The fourth-order valence-electron chi connectivity index (χ4n) is 1.96. The topological polar surface area (TPSA) is 38.3 Å². The molecule has 1 atom stereocenters. The van der Waals surface area contributed by atoms with Crippen LogP contribution in [0.1, 0.15) is 18.4 Å². The van der Waals surface area contributed by atoms with E-state index < -0.39 is 0 Å². The molecule has 0 saturated heterocycles. The van der Waals surface area contributed by atoms with Crippen molar-refractivity contribution in [2.24, 2.45) is 0 Å². The SMILES string of the molecule is COC(=O)CC1CCc2ccc(Br)cc2N1. The Morgan fingerprint density at radius 2 is 2.44 bits per heavy atom. The van der Waals surface area contributed by atoms with Crippen molar-refractivity contribution in [2.75, 3.05) is 12.4 Å². The summed E-state index contributed by atoms with van der Waals surface area (Å²) < 4.78 is 5.73. The highest BCUT2D eigenvalue weighted by atomic mass is 79.9. The largest absolute Gasteiger partial charge is 0.469 e. The number of rotatable bonds is 2. The maximum Gasteiger partial charge on any atom is 0.307 e. The molecular formula is C12H14BrNO2. The van der Waals surface area contributed by atoms with E-state index in [1.807, 2.05) is 6.07 Å². The van der Waals surface area contributed by atoms with E-state index >= 15 is 0 Å². The molecule has 16 heavy (non-hydrogen) atoms. The van der Waals surface area contributed by atoms with Gasteiger partial charge in [0.2, 0.25) is 0 Å². The van der Waals surface area contributed by atoms with Gasteiger partial charge in [0.25, 0.3) is 0 Å². The zero-order chi connectivity index (χ0) is 11.5. The Hall–Kier alpha value is -1.03. The summed E-state index contributed by atoms with van der Waals surface area (Å²) in [6, 6.07) is 6.40. The van der Waals surface area contributed by atoms with Crippen LogP contribution < -0.4 is 5.32 Å². The molecule has 2 rings (SSSR count). The predicted octanol–water partition coefficient (Wildman–Crippen LogP) is 2.74. The monoisotopic (exact) mass is 283 g/mol. The fraction of sp³-hybridized carbons (Fsp3) is 0.417. The Balaban J connectivity index is 2.08. The Morgan fingerprint density at radius 3 is 3.19 bits per heavy atom. The molecule has 0 fully saturated rings. The van der Waals surface area contributed by atoms with Crippen LogP contribution in [0.2, 0.25) is 0 Å². The lowest BCUT2D eigenvalue weighted by Crippen LogP contribution is -2.28. The van der Waals surface area contributed by atoms with E-state index in [2.05, 4.69) is 38.1 Å². The van der Waals surface area contributed by atoms with Crippen molar-refractivity contribution in [3.05, 3.63) is 28.2 Å². The quantitative estimate of drug-likeness (QED) is 0.849. The van der Waals surface area contributed by atoms with Crippen molar-refractivity contribution >= 4 is 27.6 Å². The molecule has 3 nitrogen and oxygen atoms in total. The highest BCUT2D eigenvalue weighted by Gasteiger charge is 2.20. The molecule has 0 aliphatic carbocycles. The summed E-state index contributed by atoms with van der Waals surface area (Å²) >= 11 is 3.44. The maximum atomic E-state index is 11.2. The number of nitrogens with one attached hydrogen (secondary N) is 1. The summed E-state index contributed by atoms with van der Waals surface area (Å²) in [6.45, 7) is 0. The minimum absolute atomic E-state index is 0.157. The molecule has 0 saturated carbocycles. The van der Waals surface area contributed by atoms with Crippen molar-refractivity contribution in [3.63, 3.8) is 0 Å². The minimum atomic E-state index is -0.157. The van der Waals surface area contributed by atoms with Crippen molar-refractivity contribution in [3.8, 4) is 0 Å². The molecule has 0 bridgehead atoms. The van der Waals surface area contributed by atoms with Gasteiger partial charge in [-0.15, -0.1) is 0 Å². The highest BCUT2D eigenvalue weighted by Crippen LogP contribution is 2.28. The first-order chi connectivity index (χ1) is 7.69. The summed E-state index contributed by atoms with van der Waals surface area (Å²) in [5.74, 6) is -0.157. The third-order valence-corrected chi connectivity index (χ3v) is 3.33. The molecule has 86 valence electrons. The Morgan fingerprint density at radius 1 is 1.62 bits per heavy atom. The molecule has 0 radical (unpaired) electrons. The normalized spacial score (nSPS) is 18.5. The molecular weight excluding hydrogens is 270 g/mol. The standard InChI is InChI=1S/C12H14BrNO2/c1-16-12(15)7-10-5-3-8-2-4-9(13)6-11(8)14-10/h2,4,6,10,14H,3,5,7H2,1H3. The molecule has 1 unspecified atom stereocenters. The van der Waals surface area contributed by atoms with Gasteiger partial charge in [-0.05, 0) is 30.5 Å². The number of carbonyl (C=O) groups excluding carboxylic acids is 1. The molecule has 1 N–H and O–H groups in total. The number of aryl methyl sites for hydroxylation is 1. The van der Waals surface area contributed by atoms with Gasteiger partial charge < -0.3 is 10.1 Å². The van der Waals surface area contributed by atoms with E-state index in [0.717, 1.165) is 23.0 Å². The molecule has 0 aromatic heterocycles. The van der Waals surface area contributed by atoms with Gasteiger partial charge in [0.1, 0.15) is 0 Å². The van der Waals surface area contributed by atoms with Gasteiger partial charge in [-0.2, -0.15) is 0 Å². The lowest BCUT2D eigenvalue weighted by molar-refractivity contribution is -0.140. The lowest BCUT2D eigenvalue weighted by atomic mass is 9.96. The summed E-state index contributed by atoms with van der Waals surface area (Å²) in [6.07, 6.45) is 2.42. The number of benzene rings is 1. The van der Waals surface area contributed by atoms with Crippen LogP contribution in [-0.4, -0.2) is 19.1 Å². The fourth-order valence-corrected chi connectivity index (χ4v) is 2.32. The number of methoxy groups -OCH3 is 1. The Bertz CT molecular complexity index is 406. The Kier molecular flexibility index (Phi) is 3.49. The smallest absolute Gasteiger partial charge is 0.307 e. The first kappa shape index (κ1) is 11.5.